The van der Waals surface area contributed by atoms with Crippen molar-refractivity contribution in [1.82, 2.24) is 0 Å². The third kappa shape index (κ3) is 2.74. The highest BCUT2D eigenvalue weighted by molar-refractivity contribution is 6.32. The molecule has 0 aromatic heterocycles. The van der Waals surface area contributed by atoms with Gasteiger partial charge in [0.15, 0.2) is 0 Å². The van der Waals surface area contributed by atoms with Gasteiger partial charge in [-0.2, -0.15) is 0 Å². The van der Waals surface area contributed by atoms with Crippen LogP contribution in [0.5, 0.6) is 0 Å². The number of hydrogen-bond donors (Lipinski definition) is 2. The van der Waals surface area contributed by atoms with E-state index in [4.69, 9.17) is 14.7 Å². The molecule has 2 aromatic rings. The standard InChI is InChI=1S/C13H13BO3/c1-2-13(17-14(15)16)12-8-7-10-5-3-4-6-11(10)9-12/h2-9,13,15-16H,1H2. The second-order valence-corrected chi connectivity index (χ2v) is 3.73. The molecule has 0 bridgehead atoms. The van der Waals surface area contributed by atoms with Gasteiger partial charge in [0.25, 0.3) is 0 Å². The monoisotopic (exact) mass is 228 g/mol. The Balaban J connectivity index is 2.37. The van der Waals surface area contributed by atoms with Gasteiger partial charge in [0.2, 0.25) is 0 Å². The zero-order chi connectivity index (χ0) is 12.3. The van der Waals surface area contributed by atoms with E-state index < -0.39 is 13.4 Å². The van der Waals surface area contributed by atoms with Crippen molar-refractivity contribution in [3.05, 3.63) is 60.7 Å². The molecule has 0 heterocycles. The van der Waals surface area contributed by atoms with Crippen LogP contribution in [-0.2, 0) is 4.65 Å². The summed E-state index contributed by atoms with van der Waals surface area (Å²) in [5.74, 6) is 0. The Morgan fingerprint density at radius 3 is 2.47 bits per heavy atom. The van der Waals surface area contributed by atoms with Crippen LogP contribution >= 0.6 is 0 Å². The third-order valence-corrected chi connectivity index (χ3v) is 2.58. The quantitative estimate of drug-likeness (QED) is 0.621. The highest BCUT2D eigenvalue weighted by Gasteiger charge is 2.17. The molecular formula is C13H13BO3. The first kappa shape index (κ1) is 11.9. The van der Waals surface area contributed by atoms with Crippen LogP contribution in [0, 0.1) is 0 Å². The van der Waals surface area contributed by atoms with Gasteiger partial charge in [0.1, 0.15) is 0 Å². The van der Waals surface area contributed by atoms with Gasteiger partial charge in [0, 0.05) is 0 Å². The first-order valence-corrected chi connectivity index (χ1v) is 5.33. The van der Waals surface area contributed by atoms with Crippen LogP contribution in [0.4, 0.5) is 0 Å². The van der Waals surface area contributed by atoms with Crippen molar-refractivity contribution in [3.63, 3.8) is 0 Å². The summed E-state index contributed by atoms with van der Waals surface area (Å²) in [5, 5.41) is 19.8. The lowest BCUT2D eigenvalue weighted by atomic mass is 10.0. The minimum atomic E-state index is -1.80. The summed E-state index contributed by atoms with van der Waals surface area (Å²) in [5.41, 5.74) is 0.840. The van der Waals surface area contributed by atoms with E-state index in [-0.39, 0.29) is 0 Å². The van der Waals surface area contributed by atoms with Crippen LogP contribution in [0.25, 0.3) is 10.8 Å². The van der Waals surface area contributed by atoms with Gasteiger partial charge in [-0.3, -0.25) is 0 Å². The summed E-state index contributed by atoms with van der Waals surface area (Å²) in [6.07, 6.45) is 1.00. The van der Waals surface area contributed by atoms with E-state index in [1.54, 1.807) is 0 Å². The molecule has 0 aliphatic rings. The lowest BCUT2D eigenvalue weighted by molar-refractivity contribution is 0.148. The first-order chi connectivity index (χ1) is 8.20. The molecule has 1 unspecified atom stereocenters. The predicted octanol–water partition coefficient (Wildman–Crippen LogP) is 2.05. The Labute approximate surface area is 100 Å². The molecule has 0 amide bonds. The van der Waals surface area contributed by atoms with Crippen LogP contribution in [0.3, 0.4) is 0 Å². The van der Waals surface area contributed by atoms with Crippen LogP contribution in [0.15, 0.2) is 55.1 Å². The van der Waals surface area contributed by atoms with Crippen molar-refractivity contribution in [1.29, 1.82) is 0 Å². The third-order valence-electron chi connectivity index (χ3n) is 2.58. The predicted molar refractivity (Wildman–Crippen MR) is 68.2 cm³/mol. The van der Waals surface area contributed by atoms with Gasteiger partial charge in [0.05, 0.1) is 6.10 Å². The molecule has 0 aliphatic carbocycles. The Morgan fingerprint density at radius 1 is 1.12 bits per heavy atom. The summed E-state index contributed by atoms with van der Waals surface area (Å²) in [7, 11) is -1.80. The second kappa shape index (κ2) is 5.14. The number of fused-ring (bicyclic) bond motifs is 1. The fourth-order valence-electron chi connectivity index (χ4n) is 1.79. The number of rotatable bonds is 4. The molecule has 0 spiro atoms. The Hall–Kier alpha value is -1.62. The summed E-state index contributed by atoms with van der Waals surface area (Å²) in [4.78, 5) is 0. The van der Waals surface area contributed by atoms with Gasteiger partial charge in [-0.25, -0.2) is 0 Å². The maximum Gasteiger partial charge on any atom is 0.634 e. The smallest absolute Gasteiger partial charge is 0.402 e. The minimum absolute atomic E-state index is 0.528. The second-order valence-electron chi connectivity index (χ2n) is 3.73. The fraction of sp³-hybridized carbons (Fsp3) is 0.0769. The van der Waals surface area contributed by atoms with Gasteiger partial charge in [-0.1, -0.05) is 42.5 Å². The molecule has 4 heteroatoms. The van der Waals surface area contributed by atoms with E-state index in [1.165, 1.54) is 6.08 Å². The van der Waals surface area contributed by atoms with E-state index in [0.717, 1.165) is 16.3 Å². The molecule has 0 saturated heterocycles. The van der Waals surface area contributed by atoms with E-state index in [0.29, 0.717) is 0 Å². The molecule has 1 atom stereocenters. The molecule has 0 fully saturated rings. The fourth-order valence-corrected chi connectivity index (χ4v) is 1.79. The Bertz CT molecular complexity index is 525. The minimum Gasteiger partial charge on any atom is -0.402 e. The average molecular weight is 228 g/mol. The summed E-state index contributed by atoms with van der Waals surface area (Å²) < 4.78 is 4.93. The van der Waals surface area contributed by atoms with Gasteiger partial charge in [-0.15, -0.1) is 6.58 Å². The SMILES string of the molecule is C=CC(OB(O)O)c1ccc2ccccc2c1. The lowest BCUT2D eigenvalue weighted by Crippen LogP contribution is -2.19. The first-order valence-electron chi connectivity index (χ1n) is 5.33. The zero-order valence-electron chi connectivity index (χ0n) is 9.28. The van der Waals surface area contributed by atoms with Gasteiger partial charge < -0.3 is 14.7 Å². The molecule has 0 radical (unpaired) electrons. The van der Waals surface area contributed by atoms with Crippen LogP contribution in [0.1, 0.15) is 11.7 Å². The largest absolute Gasteiger partial charge is 0.634 e. The highest BCUT2D eigenvalue weighted by Crippen LogP contribution is 2.23. The molecule has 86 valence electrons. The molecule has 2 N–H and O–H groups in total. The van der Waals surface area contributed by atoms with Gasteiger partial charge in [-0.05, 0) is 22.4 Å². The molecule has 17 heavy (non-hydrogen) atoms. The molecule has 2 rings (SSSR count). The van der Waals surface area contributed by atoms with E-state index in [2.05, 4.69) is 6.58 Å². The summed E-state index contributed by atoms with van der Waals surface area (Å²) in [6, 6.07) is 13.7. The molecular weight excluding hydrogens is 215 g/mol. The van der Waals surface area contributed by atoms with Crippen molar-refractivity contribution in [2.24, 2.45) is 0 Å². The van der Waals surface area contributed by atoms with E-state index in [1.807, 2.05) is 42.5 Å². The van der Waals surface area contributed by atoms with Crippen molar-refractivity contribution in [3.8, 4) is 0 Å². The Kier molecular flexibility index (Phi) is 3.59. The van der Waals surface area contributed by atoms with Gasteiger partial charge >= 0.3 is 7.32 Å². The number of benzene rings is 2. The van der Waals surface area contributed by atoms with Crippen LogP contribution in [-0.4, -0.2) is 17.4 Å². The van der Waals surface area contributed by atoms with E-state index in [9.17, 15) is 0 Å². The highest BCUT2D eigenvalue weighted by atomic mass is 16.6. The average Bonchev–Trinajstić information content (AvgIpc) is 2.35. The maximum absolute atomic E-state index is 8.81. The van der Waals surface area contributed by atoms with Crippen LogP contribution in [0.2, 0.25) is 0 Å². The topological polar surface area (TPSA) is 49.7 Å². The summed E-state index contributed by atoms with van der Waals surface area (Å²) in [6.45, 7) is 3.62. The Morgan fingerprint density at radius 2 is 1.82 bits per heavy atom. The maximum atomic E-state index is 8.81. The van der Waals surface area contributed by atoms with Crippen LogP contribution < -0.4 is 0 Å². The zero-order valence-corrected chi connectivity index (χ0v) is 9.28. The molecule has 3 nitrogen and oxygen atoms in total. The molecule has 0 aliphatic heterocycles. The van der Waals surface area contributed by atoms with E-state index >= 15 is 0 Å². The van der Waals surface area contributed by atoms with Crippen molar-refractivity contribution < 1.29 is 14.7 Å². The van der Waals surface area contributed by atoms with Crippen molar-refractivity contribution >= 4 is 18.1 Å². The van der Waals surface area contributed by atoms with Crippen molar-refractivity contribution in [2.45, 2.75) is 6.10 Å². The number of hydrogen-bond acceptors (Lipinski definition) is 3. The lowest BCUT2D eigenvalue weighted by Gasteiger charge is -2.14. The normalized spacial score (nSPS) is 12.4. The molecule has 0 saturated carbocycles. The molecule has 2 aromatic carbocycles. The van der Waals surface area contributed by atoms with Crippen molar-refractivity contribution in [2.75, 3.05) is 0 Å². The summed E-state index contributed by atoms with van der Waals surface area (Å²) >= 11 is 0.